The first-order chi connectivity index (χ1) is 11.1. The summed E-state index contributed by atoms with van der Waals surface area (Å²) >= 11 is 4.33. The number of rotatable bonds is 2. The van der Waals surface area contributed by atoms with Gasteiger partial charge in [0.05, 0.1) is 5.56 Å². The molecule has 23 heavy (non-hydrogen) atoms. The second-order valence-corrected chi connectivity index (χ2v) is 5.91. The highest BCUT2D eigenvalue weighted by molar-refractivity contribution is 7.80. The van der Waals surface area contributed by atoms with Gasteiger partial charge in [-0.05, 0) is 19.1 Å². The molecule has 2 heterocycles. The summed E-state index contributed by atoms with van der Waals surface area (Å²) in [4.78, 5) is 28.9. The van der Waals surface area contributed by atoms with Crippen LogP contribution in [0, 0.1) is 6.92 Å². The Balaban J connectivity index is 1.63. The molecule has 0 unspecified atom stereocenters. The lowest BCUT2D eigenvalue weighted by Gasteiger charge is -2.34. The average Bonchev–Trinajstić information content (AvgIpc) is 3.01. The van der Waals surface area contributed by atoms with Crippen molar-refractivity contribution in [2.24, 2.45) is 0 Å². The number of thiol groups is 1. The van der Waals surface area contributed by atoms with Crippen molar-refractivity contribution < 1.29 is 14.1 Å². The first-order valence-electron chi connectivity index (χ1n) is 7.36. The molecule has 0 N–H and O–H groups in total. The molecule has 1 aromatic carbocycles. The number of piperazine rings is 1. The lowest BCUT2D eigenvalue weighted by molar-refractivity contribution is 0.0528. The Hall–Kier alpha value is -2.28. The number of benzene rings is 1. The monoisotopic (exact) mass is 331 g/mol. The van der Waals surface area contributed by atoms with Gasteiger partial charge in [-0.2, -0.15) is 0 Å². The topological polar surface area (TPSA) is 66.7 Å². The van der Waals surface area contributed by atoms with Crippen LogP contribution in [0.1, 0.15) is 26.6 Å². The SMILES string of the molecule is Cc1cc(C(=O)N2CCN(C(=O)c3ccccc3S)CC2)no1. The molecule has 2 amide bonds. The Morgan fingerprint density at radius 2 is 1.70 bits per heavy atom. The van der Waals surface area contributed by atoms with Crippen molar-refractivity contribution in [2.75, 3.05) is 26.2 Å². The third-order valence-corrected chi connectivity index (χ3v) is 4.23. The van der Waals surface area contributed by atoms with Crippen LogP contribution < -0.4 is 0 Å². The Morgan fingerprint density at radius 3 is 2.26 bits per heavy atom. The molecule has 1 saturated heterocycles. The molecule has 1 aliphatic rings. The summed E-state index contributed by atoms with van der Waals surface area (Å²) in [6.45, 7) is 3.68. The number of hydrogen-bond donors (Lipinski definition) is 1. The van der Waals surface area contributed by atoms with Gasteiger partial charge in [0.1, 0.15) is 5.76 Å². The van der Waals surface area contributed by atoms with Gasteiger partial charge in [-0.1, -0.05) is 17.3 Å². The van der Waals surface area contributed by atoms with Crippen LogP contribution in [0.4, 0.5) is 0 Å². The smallest absolute Gasteiger partial charge is 0.276 e. The maximum atomic E-state index is 12.5. The van der Waals surface area contributed by atoms with Gasteiger partial charge in [-0.25, -0.2) is 0 Å². The summed E-state index contributed by atoms with van der Waals surface area (Å²) in [5.41, 5.74) is 0.894. The highest BCUT2D eigenvalue weighted by atomic mass is 32.1. The Kier molecular flexibility index (Phi) is 4.38. The van der Waals surface area contributed by atoms with E-state index in [1.165, 1.54) is 0 Å². The number of aromatic nitrogens is 1. The van der Waals surface area contributed by atoms with Crippen molar-refractivity contribution in [3.63, 3.8) is 0 Å². The first kappa shape index (κ1) is 15.6. The predicted octanol–water partition coefficient (Wildman–Crippen LogP) is 1.87. The molecule has 0 bridgehead atoms. The van der Waals surface area contributed by atoms with Gasteiger partial charge in [0.2, 0.25) is 0 Å². The van der Waals surface area contributed by atoms with E-state index in [0.717, 1.165) is 0 Å². The minimum atomic E-state index is -0.163. The number of nitrogens with zero attached hydrogens (tertiary/aromatic N) is 3. The van der Waals surface area contributed by atoms with Gasteiger partial charge in [0, 0.05) is 37.1 Å². The molecule has 0 saturated carbocycles. The van der Waals surface area contributed by atoms with E-state index in [4.69, 9.17) is 4.52 Å². The zero-order valence-electron chi connectivity index (χ0n) is 12.7. The van der Waals surface area contributed by atoms with Gasteiger partial charge in [-0.3, -0.25) is 9.59 Å². The molecule has 120 valence electrons. The van der Waals surface area contributed by atoms with Crippen molar-refractivity contribution in [3.05, 3.63) is 47.3 Å². The normalized spacial score (nSPS) is 14.9. The van der Waals surface area contributed by atoms with E-state index in [9.17, 15) is 9.59 Å². The zero-order chi connectivity index (χ0) is 16.4. The number of carbonyl (C=O) groups is 2. The van der Waals surface area contributed by atoms with E-state index in [2.05, 4.69) is 17.8 Å². The summed E-state index contributed by atoms with van der Waals surface area (Å²) in [5, 5.41) is 3.75. The van der Waals surface area contributed by atoms with Crippen LogP contribution in [0.5, 0.6) is 0 Å². The maximum absolute atomic E-state index is 12.5. The van der Waals surface area contributed by atoms with Gasteiger partial charge >= 0.3 is 0 Å². The lowest BCUT2D eigenvalue weighted by Crippen LogP contribution is -2.50. The third kappa shape index (κ3) is 3.24. The third-order valence-electron chi connectivity index (χ3n) is 3.84. The molecule has 1 fully saturated rings. The van der Waals surface area contributed by atoms with Gasteiger partial charge in [0.15, 0.2) is 5.69 Å². The number of amides is 2. The molecular formula is C16H17N3O3S. The fourth-order valence-electron chi connectivity index (χ4n) is 2.57. The van der Waals surface area contributed by atoms with Crippen LogP contribution in [0.15, 0.2) is 39.8 Å². The standard InChI is InChI=1S/C16H17N3O3S/c1-11-10-13(17-22-11)16(21)19-8-6-18(7-9-19)15(20)12-4-2-3-5-14(12)23/h2-5,10,23H,6-9H2,1H3. The molecule has 7 heteroatoms. The minimum absolute atomic E-state index is 0.0556. The number of hydrogen-bond acceptors (Lipinski definition) is 5. The summed E-state index contributed by atoms with van der Waals surface area (Å²) in [5.74, 6) is 0.385. The van der Waals surface area contributed by atoms with E-state index in [1.54, 1.807) is 34.9 Å². The fraction of sp³-hybridized carbons (Fsp3) is 0.312. The Morgan fingerprint density at radius 1 is 1.09 bits per heavy atom. The molecule has 1 aromatic heterocycles. The van der Waals surface area contributed by atoms with Crippen LogP contribution in [-0.2, 0) is 0 Å². The predicted molar refractivity (Wildman–Crippen MR) is 86.7 cm³/mol. The van der Waals surface area contributed by atoms with Crippen LogP contribution in [0.2, 0.25) is 0 Å². The summed E-state index contributed by atoms with van der Waals surface area (Å²) in [6, 6.07) is 8.84. The molecule has 0 radical (unpaired) electrons. The van der Waals surface area contributed by atoms with Crippen LogP contribution in [0.3, 0.4) is 0 Å². The van der Waals surface area contributed by atoms with Crippen molar-refractivity contribution in [1.82, 2.24) is 15.0 Å². The largest absolute Gasteiger partial charge is 0.361 e. The quantitative estimate of drug-likeness (QED) is 0.853. The Labute approximate surface area is 139 Å². The molecule has 1 aliphatic heterocycles. The minimum Gasteiger partial charge on any atom is -0.361 e. The molecular weight excluding hydrogens is 314 g/mol. The van der Waals surface area contributed by atoms with Gasteiger partial charge in [-0.15, -0.1) is 12.6 Å². The number of aryl methyl sites for hydroxylation is 1. The average molecular weight is 331 g/mol. The highest BCUT2D eigenvalue weighted by Gasteiger charge is 2.27. The van der Waals surface area contributed by atoms with Crippen LogP contribution in [-0.4, -0.2) is 52.9 Å². The molecule has 3 rings (SSSR count). The molecule has 2 aromatic rings. The highest BCUT2D eigenvalue weighted by Crippen LogP contribution is 2.17. The summed E-state index contributed by atoms with van der Waals surface area (Å²) in [7, 11) is 0. The summed E-state index contributed by atoms with van der Waals surface area (Å²) in [6.07, 6.45) is 0. The maximum Gasteiger partial charge on any atom is 0.276 e. The van der Waals surface area contributed by atoms with E-state index in [-0.39, 0.29) is 11.8 Å². The first-order valence-corrected chi connectivity index (χ1v) is 7.81. The van der Waals surface area contributed by atoms with Crippen LogP contribution >= 0.6 is 12.6 Å². The van der Waals surface area contributed by atoms with Gasteiger partial charge < -0.3 is 14.3 Å². The fourth-order valence-corrected chi connectivity index (χ4v) is 2.82. The molecule has 0 aliphatic carbocycles. The number of carbonyl (C=O) groups excluding carboxylic acids is 2. The van der Waals surface area contributed by atoms with Crippen LogP contribution in [0.25, 0.3) is 0 Å². The van der Waals surface area contributed by atoms with E-state index >= 15 is 0 Å². The van der Waals surface area contributed by atoms with Crippen molar-refractivity contribution in [2.45, 2.75) is 11.8 Å². The zero-order valence-corrected chi connectivity index (χ0v) is 13.6. The van der Waals surface area contributed by atoms with Crippen molar-refractivity contribution in [1.29, 1.82) is 0 Å². The van der Waals surface area contributed by atoms with E-state index in [0.29, 0.717) is 48.1 Å². The lowest BCUT2D eigenvalue weighted by atomic mass is 10.1. The van der Waals surface area contributed by atoms with Crippen molar-refractivity contribution >= 4 is 24.4 Å². The summed E-state index contributed by atoms with van der Waals surface area (Å²) < 4.78 is 4.94. The molecule has 0 atom stereocenters. The van der Waals surface area contributed by atoms with E-state index < -0.39 is 0 Å². The second kappa shape index (κ2) is 6.45. The second-order valence-electron chi connectivity index (χ2n) is 5.42. The molecule has 0 spiro atoms. The van der Waals surface area contributed by atoms with E-state index in [1.807, 2.05) is 12.1 Å². The van der Waals surface area contributed by atoms with Gasteiger partial charge in [0.25, 0.3) is 11.8 Å². The Bertz CT molecular complexity index is 736. The van der Waals surface area contributed by atoms with Crippen molar-refractivity contribution in [3.8, 4) is 0 Å². The molecule has 6 nitrogen and oxygen atoms in total.